The van der Waals surface area contributed by atoms with Gasteiger partial charge in [0.05, 0.1) is 5.52 Å². The fourth-order valence-electron chi connectivity index (χ4n) is 3.01. The summed E-state index contributed by atoms with van der Waals surface area (Å²) in [7, 11) is 0. The summed E-state index contributed by atoms with van der Waals surface area (Å²) < 4.78 is 0. The number of likely N-dealkylation sites (tertiary alicyclic amines) is 1. The van der Waals surface area contributed by atoms with E-state index >= 15 is 0 Å². The second-order valence-electron chi connectivity index (χ2n) is 5.50. The highest BCUT2D eigenvalue weighted by Crippen LogP contribution is 2.22. The van der Waals surface area contributed by atoms with E-state index in [2.05, 4.69) is 34.1 Å². The number of fused-ring (bicyclic) bond motifs is 1. The summed E-state index contributed by atoms with van der Waals surface area (Å²) in [6.07, 6.45) is 4.31. The number of nitrogens with zero attached hydrogens (tertiary/aromatic N) is 2. The fourth-order valence-corrected chi connectivity index (χ4v) is 3.01. The fraction of sp³-hybridized carbons (Fsp3) is 0.438. The third-order valence-electron chi connectivity index (χ3n) is 4.02. The van der Waals surface area contributed by atoms with Gasteiger partial charge in [-0.25, -0.2) is 0 Å². The largest absolute Gasteiger partial charge is 0.330 e. The molecule has 100 valence electrons. The molecule has 0 spiro atoms. The maximum absolute atomic E-state index is 5.64. The molecule has 0 saturated carbocycles. The molecule has 0 aliphatic carbocycles. The average molecular weight is 255 g/mol. The van der Waals surface area contributed by atoms with Crippen molar-refractivity contribution in [1.29, 1.82) is 0 Å². The van der Waals surface area contributed by atoms with Crippen molar-refractivity contribution in [3.63, 3.8) is 0 Å². The van der Waals surface area contributed by atoms with Crippen LogP contribution in [0.25, 0.3) is 10.9 Å². The summed E-state index contributed by atoms with van der Waals surface area (Å²) in [4.78, 5) is 6.90. The quantitative estimate of drug-likeness (QED) is 0.912. The van der Waals surface area contributed by atoms with Gasteiger partial charge >= 0.3 is 0 Å². The molecule has 0 radical (unpaired) electrons. The minimum atomic E-state index is 0.798. The van der Waals surface area contributed by atoms with E-state index < -0.39 is 0 Å². The summed E-state index contributed by atoms with van der Waals surface area (Å²) in [6.45, 7) is 4.27. The van der Waals surface area contributed by atoms with E-state index in [9.17, 15) is 0 Å². The van der Waals surface area contributed by atoms with Crippen LogP contribution in [-0.2, 0) is 6.54 Å². The lowest BCUT2D eigenvalue weighted by molar-refractivity contribution is 0.314. The lowest BCUT2D eigenvalue weighted by Crippen LogP contribution is -2.20. The molecule has 1 aliphatic heterocycles. The number of pyridine rings is 1. The maximum atomic E-state index is 5.64. The third-order valence-corrected chi connectivity index (χ3v) is 4.02. The highest BCUT2D eigenvalue weighted by atomic mass is 15.1. The van der Waals surface area contributed by atoms with E-state index in [1.54, 1.807) is 0 Å². The minimum absolute atomic E-state index is 0.798. The Labute approximate surface area is 114 Å². The van der Waals surface area contributed by atoms with Crippen LogP contribution in [0.4, 0.5) is 0 Å². The number of hydrogen-bond acceptors (Lipinski definition) is 3. The predicted molar refractivity (Wildman–Crippen MR) is 78.8 cm³/mol. The molecule has 19 heavy (non-hydrogen) atoms. The highest BCUT2D eigenvalue weighted by Gasteiger charge is 2.21. The van der Waals surface area contributed by atoms with Crippen LogP contribution in [0.3, 0.4) is 0 Å². The van der Waals surface area contributed by atoms with Crippen molar-refractivity contribution < 1.29 is 0 Å². The summed E-state index contributed by atoms with van der Waals surface area (Å²) in [6, 6.07) is 10.7. The second-order valence-corrected chi connectivity index (χ2v) is 5.50. The molecule has 3 heteroatoms. The van der Waals surface area contributed by atoms with Crippen molar-refractivity contribution in [3.8, 4) is 0 Å². The molecule has 1 fully saturated rings. The molecule has 1 atom stereocenters. The van der Waals surface area contributed by atoms with E-state index in [1.807, 2.05) is 12.3 Å². The first kappa shape index (κ1) is 12.6. The van der Waals surface area contributed by atoms with Crippen molar-refractivity contribution in [1.82, 2.24) is 9.88 Å². The Bertz CT molecular complexity index is 552. The molecule has 2 heterocycles. The molecule has 2 N–H and O–H groups in total. The summed E-state index contributed by atoms with van der Waals surface area (Å²) >= 11 is 0. The number of benzene rings is 1. The van der Waals surface area contributed by atoms with Gasteiger partial charge in [0.1, 0.15) is 0 Å². The van der Waals surface area contributed by atoms with Crippen LogP contribution < -0.4 is 5.73 Å². The lowest BCUT2D eigenvalue weighted by atomic mass is 10.1. The molecule has 1 unspecified atom stereocenters. The van der Waals surface area contributed by atoms with Crippen molar-refractivity contribution in [3.05, 3.63) is 42.1 Å². The maximum Gasteiger partial charge on any atom is 0.0702 e. The normalized spacial score (nSPS) is 20.2. The average Bonchev–Trinajstić information content (AvgIpc) is 2.86. The monoisotopic (exact) mass is 255 g/mol. The Morgan fingerprint density at radius 2 is 2.26 bits per heavy atom. The van der Waals surface area contributed by atoms with Gasteiger partial charge in [0.25, 0.3) is 0 Å². The molecule has 0 amide bonds. The molecule has 1 aromatic carbocycles. The standard InChI is InChI=1S/C16H21N3/c17-7-5-13-6-9-19(11-13)12-14-3-4-16-15(10-14)2-1-8-18-16/h1-4,8,10,13H,5-7,9,11-12,17H2. The van der Waals surface area contributed by atoms with E-state index in [-0.39, 0.29) is 0 Å². The van der Waals surface area contributed by atoms with Crippen molar-refractivity contribution in [2.45, 2.75) is 19.4 Å². The Morgan fingerprint density at radius 1 is 1.32 bits per heavy atom. The summed E-state index contributed by atoms with van der Waals surface area (Å²) in [5.41, 5.74) is 8.10. The van der Waals surface area contributed by atoms with Gasteiger partial charge in [0.2, 0.25) is 0 Å². The number of hydrogen-bond donors (Lipinski definition) is 1. The Balaban J connectivity index is 1.68. The van der Waals surface area contributed by atoms with Gasteiger partial charge in [-0.1, -0.05) is 12.1 Å². The molecule has 1 aromatic heterocycles. The second kappa shape index (κ2) is 5.68. The Morgan fingerprint density at radius 3 is 3.16 bits per heavy atom. The van der Waals surface area contributed by atoms with Crippen LogP contribution in [0.2, 0.25) is 0 Å². The lowest BCUT2D eigenvalue weighted by Gasteiger charge is -2.16. The molecule has 1 saturated heterocycles. The molecule has 3 rings (SSSR count). The van der Waals surface area contributed by atoms with Crippen molar-refractivity contribution in [2.75, 3.05) is 19.6 Å². The third kappa shape index (κ3) is 2.94. The first-order valence-corrected chi connectivity index (χ1v) is 7.11. The predicted octanol–water partition coefficient (Wildman–Crippen LogP) is 2.41. The summed E-state index contributed by atoms with van der Waals surface area (Å²) in [5.74, 6) is 0.798. The van der Waals surface area contributed by atoms with Gasteiger partial charge in [-0.05, 0) is 55.6 Å². The van der Waals surface area contributed by atoms with Crippen LogP contribution in [0, 0.1) is 5.92 Å². The van der Waals surface area contributed by atoms with Crippen molar-refractivity contribution in [2.24, 2.45) is 11.7 Å². The van der Waals surface area contributed by atoms with Crippen molar-refractivity contribution >= 4 is 10.9 Å². The van der Waals surface area contributed by atoms with E-state index in [0.29, 0.717) is 0 Å². The SMILES string of the molecule is NCCC1CCN(Cc2ccc3ncccc3c2)C1. The van der Waals surface area contributed by atoms with Gasteiger partial charge in [-0.15, -0.1) is 0 Å². The van der Waals surface area contributed by atoms with Crippen LogP contribution in [0.1, 0.15) is 18.4 Å². The Hall–Kier alpha value is -1.45. The van der Waals surface area contributed by atoms with Crippen LogP contribution in [0.15, 0.2) is 36.5 Å². The number of nitrogens with two attached hydrogens (primary N) is 1. The van der Waals surface area contributed by atoms with Gasteiger partial charge in [-0.2, -0.15) is 0 Å². The van der Waals surface area contributed by atoms with Crippen LogP contribution in [0.5, 0.6) is 0 Å². The zero-order chi connectivity index (χ0) is 13.1. The molecular formula is C16H21N3. The molecule has 0 bridgehead atoms. The zero-order valence-electron chi connectivity index (χ0n) is 11.3. The molecular weight excluding hydrogens is 234 g/mol. The van der Waals surface area contributed by atoms with Gasteiger partial charge < -0.3 is 5.73 Å². The number of rotatable bonds is 4. The molecule has 2 aromatic rings. The first-order chi connectivity index (χ1) is 9.35. The Kier molecular flexibility index (Phi) is 3.76. The van der Waals surface area contributed by atoms with Crippen LogP contribution >= 0.6 is 0 Å². The smallest absolute Gasteiger partial charge is 0.0702 e. The van der Waals surface area contributed by atoms with E-state index in [4.69, 9.17) is 5.73 Å². The van der Waals surface area contributed by atoms with Gasteiger partial charge in [0, 0.05) is 24.7 Å². The van der Waals surface area contributed by atoms with Gasteiger partial charge in [0.15, 0.2) is 0 Å². The van der Waals surface area contributed by atoms with E-state index in [0.717, 1.165) is 30.9 Å². The van der Waals surface area contributed by atoms with Gasteiger partial charge in [-0.3, -0.25) is 9.88 Å². The minimum Gasteiger partial charge on any atom is -0.330 e. The highest BCUT2D eigenvalue weighted by molar-refractivity contribution is 5.78. The number of aromatic nitrogens is 1. The topological polar surface area (TPSA) is 42.1 Å². The zero-order valence-corrected chi connectivity index (χ0v) is 11.3. The molecule has 1 aliphatic rings. The summed E-state index contributed by atoms with van der Waals surface area (Å²) in [5, 5.41) is 1.23. The van der Waals surface area contributed by atoms with E-state index in [1.165, 1.54) is 30.5 Å². The molecule has 3 nitrogen and oxygen atoms in total. The first-order valence-electron chi connectivity index (χ1n) is 7.11. The van der Waals surface area contributed by atoms with Crippen LogP contribution in [-0.4, -0.2) is 29.5 Å².